The van der Waals surface area contributed by atoms with E-state index in [1.807, 2.05) is 0 Å². The second-order valence-corrected chi connectivity index (χ2v) is 6.33. The van der Waals surface area contributed by atoms with Crippen molar-refractivity contribution in [1.82, 2.24) is 4.90 Å². The highest BCUT2D eigenvalue weighted by Crippen LogP contribution is 2.38. The molecule has 2 fully saturated rings. The van der Waals surface area contributed by atoms with Crippen molar-refractivity contribution in [2.24, 2.45) is 17.6 Å². The van der Waals surface area contributed by atoms with E-state index in [1.165, 1.54) is 12.5 Å². The van der Waals surface area contributed by atoms with Crippen molar-refractivity contribution in [1.29, 1.82) is 0 Å². The van der Waals surface area contributed by atoms with Crippen LogP contribution in [-0.4, -0.2) is 29.0 Å². The maximum atomic E-state index is 11.1. The standard InChI is InChI=1S/C14H18ClN3O2.ClH/c15-11-3-1-10(14(5-11)18(19)20)7-17-6-9-2-4-13(16)12(9)8-17;/h1,3,5,9,12-13H,2,4,6-8,16H2;1H. The van der Waals surface area contributed by atoms with E-state index < -0.39 is 0 Å². The van der Waals surface area contributed by atoms with Crippen molar-refractivity contribution in [2.45, 2.75) is 25.4 Å². The lowest BCUT2D eigenvalue weighted by atomic mass is 9.98. The van der Waals surface area contributed by atoms with E-state index in [4.69, 9.17) is 17.3 Å². The van der Waals surface area contributed by atoms with Gasteiger partial charge >= 0.3 is 0 Å². The van der Waals surface area contributed by atoms with E-state index in [0.29, 0.717) is 29.4 Å². The Morgan fingerprint density at radius 3 is 2.81 bits per heavy atom. The van der Waals surface area contributed by atoms with Crippen molar-refractivity contribution in [3.8, 4) is 0 Å². The molecule has 0 amide bonds. The molecule has 1 aromatic rings. The van der Waals surface area contributed by atoms with Gasteiger partial charge in [0.05, 0.1) is 4.92 Å². The number of likely N-dealkylation sites (tertiary alicyclic amines) is 1. The SMILES string of the molecule is Cl.NC1CCC2CN(Cc3ccc(Cl)cc3[N+](=O)[O-])CC12. The third kappa shape index (κ3) is 3.31. The van der Waals surface area contributed by atoms with Gasteiger partial charge in [0.1, 0.15) is 0 Å². The first-order valence-electron chi connectivity index (χ1n) is 6.95. The van der Waals surface area contributed by atoms with Crippen LogP contribution in [0.15, 0.2) is 18.2 Å². The molecule has 0 radical (unpaired) electrons. The summed E-state index contributed by atoms with van der Waals surface area (Å²) in [7, 11) is 0. The van der Waals surface area contributed by atoms with Crippen LogP contribution < -0.4 is 5.73 Å². The lowest BCUT2D eigenvalue weighted by Gasteiger charge is -2.18. The molecule has 3 atom stereocenters. The molecule has 21 heavy (non-hydrogen) atoms. The Labute approximate surface area is 135 Å². The van der Waals surface area contributed by atoms with E-state index in [1.54, 1.807) is 12.1 Å². The molecule has 3 unspecified atom stereocenters. The first-order chi connectivity index (χ1) is 9.54. The summed E-state index contributed by atoms with van der Waals surface area (Å²) in [5.41, 5.74) is 6.96. The minimum absolute atomic E-state index is 0. The number of nitro groups is 1. The topological polar surface area (TPSA) is 72.4 Å². The molecule has 1 heterocycles. The van der Waals surface area contributed by atoms with Crippen molar-refractivity contribution in [3.63, 3.8) is 0 Å². The van der Waals surface area contributed by atoms with Crippen molar-refractivity contribution < 1.29 is 4.92 Å². The summed E-state index contributed by atoms with van der Waals surface area (Å²) in [6.45, 7) is 2.55. The quantitative estimate of drug-likeness (QED) is 0.682. The molecule has 1 aromatic carbocycles. The van der Waals surface area contributed by atoms with Gasteiger partial charge in [0.2, 0.25) is 0 Å². The molecule has 1 saturated heterocycles. The van der Waals surface area contributed by atoms with Gasteiger partial charge in [-0.3, -0.25) is 15.0 Å². The van der Waals surface area contributed by atoms with E-state index in [0.717, 1.165) is 25.1 Å². The third-order valence-corrected chi connectivity index (χ3v) is 4.86. The Bertz CT molecular complexity index is 541. The number of nitrogens with two attached hydrogens (primary N) is 1. The zero-order chi connectivity index (χ0) is 14.3. The number of rotatable bonds is 3. The third-order valence-electron chi connectivity index (χ3n) is 4.63. The second-order valence-electron chi connectivity index (χ2n) is 5.89. The van der Waals surface area contributed by atoms with Gasteiger partial charge in [0.25, 0.3) is 5.69 Å². The normalized spacial score (nSPS) is 28.2. The molecule has 0 aromatic heterocycles. The average molecular weight is 332 g/mol. The first kappa shape index (κ1) is 16.5. The van der Waals surface area contributed by atoms with Crippen LogP contribution in [0, 0.1) is 22.0 Å². The van der Waals surface area contributed by atoms with Crippen molar-refractivity contribution in [3.05, 3.63) is 38.9 Å². The number of hydrogen-bond acceptors (Lipinski definition) is 4. The predicted molar refractivity (Wildman–Crippen MR) is 84.8 cm³/mol. The van der Waals surface area contributed by atoms with Gasteiger partial charge in [0.15, 0.2) is 0 Å². The monoisotopic (exact) mass is 331 g/mol. The smallest absolute Gasteiger partial charge is 0.275 e. The first-order valence-corrected chi connectivity index (χ1v) is 7.33. The average Bonchev–Trinajstić information content (AvgIpc) is 2.94. The fourth-order valence-electron chi connectivity index (χ4n) is 3.61. The highest BCUT2D eigenvalue weighted by Gasteiger charge is 2.41. The maximum Gasteiger partial charge on any atom is 0.275 e. The second kappa shape index (κ2) is 6.48. The molecule has 1 aliphatic carbocycles. The molecule has 1 saturated carbocycles. The predicted octanol–water partition coefficient (Wildman–Crippen LogP) is 2.84. The van der Waals surface area contributed by atoms with Crippen LogP contribution in [0.25, 0.3) is 0 Å². The molecule has 2 aliphatic rings. The molecule has 7 heteroatoms. The fourth-order valence-corrected chi connectivity index (χ4v) is 3.78. The molecule has 0 bridgehead atoms. The van der Waals surface area contributed by atoms with Crippen LogP contribution >= 0.6 is 24.0 Å². The fraction of sp³-hybridized carbons (Fsp3) is 0.571. The number of hydrogen-bond donors (Lipinski definition) is 1. The Morgan fingerprint density at radius 2 is 2.14 bits per heavy atom. The zero-order valence-corrected chi connectivity index (χ0v) is 13.1. The molecule has 1 aliphatic heterocycles. The Morgan fingerprint density at radius 1 is 1.38 bits per heavy atom. The molecular formula is C14H19Cl2N3O2. The highest BCUT2D eigenvalue weighted by atomic mass is 35.5. The van der Waals surface area contributed by atoms with Gasteiger partial charge in [-0.05, 0) is 36.8 Å². The summed E-state index contributed by atoms with van der Waals surface area (Å²) < 4.78 is 0. The van der Waals surface area contributed by atoms with Crippen molar-refractivity contribution in [2.75, 3.05) is 13.1 Å². The van der Waals surface area contributed by atoms with Crippen LogP contribution in [0.2, 0.25) is 5.02 Å². The van der Waals surface area contributed by atoms with Gasteiger partial charge in [-0.25, -0.2) is 0 Å². The van der Waals surface area contributed by atoms with E-state index in [9.17, 15) is 10.1 Å². The summed E-state index contributed by atoms with van der Waals surface area (Å²) in [4.78, 5) is 13.0. The summed E-state index contributed by atoms with van der Waals surface area (Å²) >= 11 is 5.84. The summed E-state index contributed by atoms with van der Waals surface area (Å²) in [5.74, 6) is 1.22. The molecule has 116 valence electrons. The van der Waals surface area contributed by atoms with E-state index >= 15 is 0 Å². The zero-order valence-electron chi connectivity index (χ0n) is 11.6. The molecule has 5 nitrogen and oxygen atoms in total. The van der Waals surface area contributed by atoms with Gasteiger partial charge in [0, 0.05) is 42.3 Å². The van der Waals surface area contributed by atoms with Crippen molar-refractivity contribution >= 4 is 29.7 Å². The van der Waals surface area contributed by atoms with Gasteiger partial charge in [-0.15, -0.1) is 12.4 Å². The number of benzene rings is 1. The van der Waals surface area contributed by atoms with Crippen LogP contribution in [0.5, 0.6) is 0 Å². The van der Waals surface area contributed by atoms with Crippen LogP contribution in [0.3, 0.4) is 0 Å². The number of halogens is 2. The summed E-state index contributed by atoms with van der Waals surface area (Å²) in [6.07, 6.45) is 2.30. The largest absolute Gasteiger partial charge is 0.327 e. The van der Waals surface area contributed by atoms with Gasteiger partial charge in [-0.2, -0.15) is 0 Å². The van der Waals surface area contributed by atoms with Crippen LogP contribution in [-0.2, 0) is 6.54 Å². The molecule has 0 spiro atoms. The van der Waals surface area contributed by atoms with Gasteiger partial charge < -0.3 is 5.73 Å². The van der Waals surface area contributed by atoms with E-state index in [-0.39, 0.29) is 23.0 Å². The van der Waals surface area contributed by atoms with Gasteiger partial charge in [-0.1, -0.05) is 11.6 Å². The van der Waals surface area contributed by atoms with E-state index in [2.05, 4.69) is 4.90 Å². The molecule has 2 N–H and O–H groups in total. The Kier molecular flexibility index (Phi) is 5.09. The lowest BCUT2D eigenvalue weighted by molar-refractivity contribution is -0.385. The minimum Gasteiger partial charge on any atom is -0.327 e. The van der Waals surface area contributed by atoms with Crippen LogP contribution in [0.4, 0.5) is 5.69 Å². The molecule has 3 rings (SSSR count). The highest BCUT2D eigenvalue weighted by molar-refractivity contribution is 6.30. The number of nitro benzene ring substituents is 1. The summed E-state index contributed by atoms with van der Waals surface area (Å²) in [6, 6.07) is 5.20. The number of fused-ring (bicyclic) bond motifs is 1. The maximum absolute atomic E-state index is 11.1. The van der Waals surface area contributed by atoms with Crippen LogP contribution in [0.1, 0.15) is 18.4 Å². The Balaban J connectivity index is 0.00000161. The lowest BCUT2D eigenvalue weighted by Crippen LogP contribution is -2.30. The summed E-state index contributed by atoms with van der Waals surface area (Å²) in [5, 5.41) is 11.5. The minimum atomic E-state index is -0.357. The number of nitrogens with zero attached hydrogens (tertiary/aromatic N) is 2. The molecular weight excluding hydrogens is 313 g/mol. The Hall–Kier alpha value is -0.880.